The number of rotatable bonds is 10. The molecule has 198 valence electrons. The predicted molar refractivity (Wildman–Crippen MR) is 144 cm³/mol. The topological polar surface area (TPSA) is 119 Å². The average Bonchev–Trinajstić information content (AvgIpc) is 3.67. The van der Waals surface area contributed by atoms with E-state index >= 15 is 0 Å². The Bertz CT molecular complexity index is 1570. The summed E-state index contributed by atoms with van der Waals surface area (Å²) in [5, 5.41) is 3.88. The molecule has 0 spiro atoms. The highest BCUT2D eigenvalue weighted by atomic mass is 16.5. The van der Waals surface area contributed by atoms with Crippen molar-refractivity contribution >= 4 is 58.2 Å². The number of aromatic amines is 1. The monoisotopic (exact) mass is 527 g/mol. The molecule has 0 saturated heterocycles. The van der Waals surface area contributed by atoms with Gasteiger partial charge in [0.2, 0.25) is 12.8 Å². The van der Waals surface area contributed by atoms with Crippen molar-refractivity contribution in [2.24, 2.45) is 0 Å². The van der Waals surface area contributed by atoms with Crippen LogP contribution in [0.1, 0.15) is 34.8 Å². The van der Waals surface area contributed by atoms with Crippen LogP contribution in [0.25, 0.3) is 21.8 Å². The first-order valence-electron chi connectivity index (χ1n) is 12.3. The zero-order valence-electron chi connectivity index (χ0n) is 21.2. The maximum atomic E-state index is 12.8. The fourth-order valence-corrected chi connectivity index (χ4v) is 4.51. The zero-order valence-corrected chi connectivity index (χ0v) is 21.2. The molecule has 0 atom stereocenters. The first-order chi connectivity index (χ1) is 19.0. The number of para-hydroxylation sites is 2. The molecule has 39 heavy (non-hydrogen) atoms. The summed E-state index contributed by atoms with van der Waals surface area (Å²) in [4.78, 5) is 53.5. The number of aromatic nitrogens is 3. The average molecular weight is 528 g/mol. The van der Waals surface area contributed by atoms with Crippen LogP contribution in [0, 0.1) is 0 Å². The Kier molecular flexibility index (Phi) is 6.87. The zero-order chi connectivity index (χ0) is 27.5. The summed E-state index contributed by atoms with van der Waals surface area (Å²) in [6, 6.07) is 20.9. The summed E-state index contributed by atoms with van der Waals surface area (Å²) in [6.07, 6.45) is 1.09. The number of benzene rings is 2. The number of carbonyl (C=O) groups is 4. The van der Waals surface area contributed by atoms with Crippen LogP contribution in [-0.4, -0.2) is 52.3 Å². The second kappa shape index (κ2) is 10.6. The fourth-order valence-electron chi connectivity index (χ4n) is 4.51. The molecule has 11 nitrogen and oxygen atoms in total. The van der Waals surface area contributed by atoms with Crippen molar-refractivity contribution in [1.82, 2.24) is 14.3 Å². The molecule has 5 rings (SSSR count). The van der Waals surface area contributed by atoms with Gasteiger partial charge in [-0.3, -0.25) is 9.59 Å². The summed E-state index contributed by atoms with van der Waals surface area (Å²) in [5.74, 6) is -0.680. The Hall–Kier alpha value is -5.32. The molecule has 3 heterocycles. The minimum atomic E-state index is -0.597. The molecule has 2 aromatic carbocycles. The number of carbonyl (C=O) groups excluding carboxylic acids is 4. The first-order valence-corrected chi connectivity index (χ1v) is 12.3. The number of fused-ring (bicyclic) bond motifs is 2. The number of esters is 2. The highest BCUT2D eigenvalue weighted by molar-refractivity contribution is 5.99. The van der Waals surface area contributed by atoms with Crippen LogP contribution in [0.2, 0.25) is 0 Å². The molecule has 0 aliphatic rings. The second-order valence-corrected chi connectivity index (χ2v) is 8.37. The van der Waals surface area contributed by atoms with Crippen LogP contribution in [0.5, 0.6) is 0 Å². The van der Waals surface area contributed by atoms with Crippen molar-refractivity contribution in [3.8, 4) is 0 Å². The van der Waals surface area contributed by atoms with Gasteiger partial charge >= 0.3 is 11.9 Å². The van der Waals surface area contributed by atoms with Crippen LogP contribution in [0.4, 0.5) is 11.6 Å². The minimum Gasteiger partial charge on any atom is -0.461 e. The van der Waals surface area contributed by atoms with Gasteiger partial charge in [0.25, 0.3) is 0 Å². The van der Waals surface area contributed by atoms with Gasteiger partial charge in [0.1, 0.15) is 23.0 Å². The van der Waals surface area contributed by atoms with Crippen LogP contribution >= 0.6 is 0 Å². The highest BCUT2D eigenvalue weighted by Gasteiger charge is 2.25. The van der Waals surface area contributed by atoms with E-state index in [1.54, 1.807) is 62.4 Å². The lowest BCUT2D eigenvalue weighted by Gasteiger charge is -2.22. The summed E-state index contributed by atoms with van der Waals surface area (Å²) >= 11 is 0. The summed E-state index contributed by atoms with van der Waals surface area (Å²) in [6.45, 7) is 3.72. The van der Waals surface area contributed by atoms with Gasteiger partial charge < -0.3 is 14.5 Å². The number of amides is 2. The largest absolute Gasteiger partial charge is 0.461 e. The quantitative estimate of drug-likeness (QED) is 0.216. The molecule has 0 aliphatic carbocycles. The van der Waals surface area contributed by atoms with Crippen molar-refractivity contribution in [2.75, 3.05) is 23.2 Å². The third kappa shape index (κ3) is 4.39. The number of nitrogens with one attached hydrogen (secondary N) is 1. The van der Waals surface area contributed by atoms with E-state index in [0.29, 0.717) is 23.9 Å². The number of hydrogen-bond acceptors (Lipinski definition) is 6. The van der Waals surface area contributed by atoms with Crippen molar-refractivity contribution in [2.45, 2.75) is 13.8 Å². The van der Waals surface area contributed by atoms with Gasteiger partial charge in [-0.1, -0.05) is 36.4 Å². The number of ether oxygens (including phenoxy) is 2. The SMILES string of the molecule is CCOC(=O)c1cc2ccccc2n1N(C=O)c1ccc(N(C=O)n2c(C(=O)OCC)cc3ccccc32)[nH]1. The van der Waals surface area contributed by atoms with E-state index in [1.165, 1.54) is 19.4 Å². The van der Waals surface area contributed by atoms with Crippen LogP contribution < -0.4 is 10.0 Å². The van der Waals surface area contributed by atoms with E-state index in [2.05, 4.69) is 4.98 Å². The molecular formula is C28H25N5O6. The highest BCUT2D eigenvalue weighted by Crippen LogP contribution is 2.28. The normalized spacial score (nSPS) is 10.9. The van der Waals surface area contributed by atoms with E-state index in [1.807, 2.05) is 24.3 Å². The number of H-pyrrole nitrogens is 1. The van der Waals surface area contributed by atoms with Crippen LogP contribution in [0.15, 0.2) is 72.8 Å². The molecular weight excluding hydrogens is 502 g/mol. The van der Waals surface area contributed by atoms with E-state index in [0.717, 1.165) is 10.8 Å². The third-order valence-electron chi connectivity index (χ3n) is 6.12. The molecule has 11 heteroatoms. The Morgan fingerprint density at radius 2 is 1.13 bits per heavy atom. The van der Waals surface area contributed by atoms with Crippen molar-refractivity contribution in [1.29, 1.82) is 0 Å². The van der Waals surface area contributed by atoms with E-state index in [4.69, 9.17) is 9.47 Å². The Morgan fingerprint density at radius 3 is 1.51 bits per heavy atom. The van der Waals surface area contributed by atoms with Gasteiger partial charge in [0.05, 0.1) is 24.2 Å². The second-order valence-electron chi connectivity index (χ2n) is 8.37. The Morgan fingerprint density at radius 1 is 0.718 bits per heavy atom. The summed E-state index contributed by atoms with van der Waals surface area (Å²) in [5.41, 5.74) is 1.48. The molecule has 0 radical (unpaired) electrons. The summed E-state index contributed by atoms with van der Waals surface area (Å²) < 4.78 is 13.3. The Labute approximate surface area is 222 Å². The maximum absolute atomic E-state index is 12.8. The Balaban J connectivity index is 1.62. The number of anilines is 2. The maximum Gasteiger partial charge on any atom is 0.356 e. The van der Waals surface area contributed by atoms with Gasteiger partial charge in [-0.2, -0.15) is 0 Å². The van der Waals surface area contributed by atoms with Gasteiger partial charge in [-0.25, -0.2) is 29.0 Å². The molecule has 0 aliphatic heterocycles. The van der Waals surface area contributed by atoms with Crippen molar-refractivity contribution in [3.63, 3.8) is 0 Å². The van der Waals surface area contributed by atoms with E-state index in [9.17, 15) is 19.2 Å². The molecule has 0 fully saturated rings. The van der Waals surface area contributed by atoms with E-state index in [-0.39, 0.29) is 36.2 Å². The van der Waals surface area contributed by atoms with Crippen molar-refractivity contribution < 1.29 is 28.7 Å². The predicted octanol–water partition coefficient (Wildman–Crippen LogP) is 4.13. The van der Waals surface area contributed by atoms with Gasteiger partial charge in [-0.15, -0.1) is 0 Å². The van der Waals surface area contributed by atoms with Crippen molar-refractivity contribution in [3.05, 3.63) is 84.2 Å². The lowest BCUT2D eigenvalue weighted by molar-refractivity contribution is -0.108. The lowest BCUT2D eigenvalue weighted by Crippen LogP contribution is -2.33. The molecule has 0 bridgehead atoms. The van der Waals surface area contributed by atoms with Crippen LogP contribution in [-0.2, 0) is 19.1 Å². The van der Waals surface area contributed by atoms with Gasteiger partial charge in [0, 0.05) is 10.8 Å². The summed E-state index contributed by atoms with van der Waals surface area (Å²) in [7, 11) is 0. The molecule has 0 saturated carbocycles. The molecule has 1 N–H and O–H groups in total. The van der Waals surface area contributed by atoms with Gasteiger partial charge in [0.15, 0.2) is 0 Å². The fraction of sp³-hybridized carbons (Fsp3) is 0.143. The van der Waals surface area contributed by atoms with E-state index < -0.39 is 11.9 Å². The minimum absolute atomic E-state index is 0.148. The number of hydrogen-bond donors (Lipinski definition) is 1. The standard InChI is InChI=1S/C28H25N5O6/c1-3-38-27(36)23-15-19-9-5-7-11-21(19)32(23)30(17-34)25-13-14-26(29-25)31(18-35)33-22-12-8-6-10-20(22)16-24(33)28(37)39-4-2/h5-18,29H,3-4H2,1-2H3. The lowest BCUT2D eigenvalue weighted by atomic mass is 10.2. The van der Waals surface area contributed by atoms with Gasteiger partial charge in [-0.05, 0) is 50.2 Å². The molecule has 5 aromatic rings. The molecule has 2 amide bonds. The van der Waals surface area contributed by atoms with Crippen LogP contribution in [0.3, 0.4) is 0 Å². The first kappa shape index (κ1) is 25.3. The molecule has 0 unspecified atom stereocenters. The smallest absolute Gasteiger partial charge is 0.356 e. The molecule has 3 aromatic heterocycles. The number of nitrogens with zero attached hydrogens (tertiary/aromatic N) is 4. The third-order valence-corrected chi connectivity index (χ3v) is 6.12.